The molecule has 0 atom stereocenters. The van der Waals surface area contributed by atoms with Crippen LogP contribution in [0.5, 0.6) is 11.5 Å². The lowest BCUT2D eigenvalue weighted by molar-refractivity contribution is -0.118. The summed E-state index contributed by atoms with van der Waals surface area (Å²) in [5.74, 6) is 1.13. The fourth-order valence-corrected chi connectivity index (χ4v) is 3.78. The zero-order chi connectivity index (χ0) is 23.0. The number of carbonyl (C=O) groups excluding carboxylic acids is 2. The molecule has 4 rings (SSSR count). The first-order valence-electron chi connectivity index (χ1n) is 10.9. The van der Waals surface area contributed by atoms with E-state index in [2.05, 4.69) is 10.2 Å². The van der Waals surface area contributed by atoms with Crippen LogP contribution in [-0.4, -0.2) is 56.6 Å². The summed E-state index contributed by atoms with van der Waals surface area (Å²) in [6.45, 7) is 2.52. The molecule has 0 unspecified atom stereocenters. The van der Waals surface area contributed by atoms with Gasteiger partial charge in [0.2, 0.25) is 0 Å². The van der Waals surface area contributed by atoms with Gasteiger partial charge >= 0.3 is 0 Å². The molecule has 3 aromatic rings. The minimum Gasteiger partial charge on any atom is -0.497 e. The summed E-state index contributed by atoms with van der Waals surface area (Å²) in [5.41, 5.74) is 2.36. The number of carbonyl (C=O) groups is 2. The molecule has 170 valence electrons. The van der Waals surface area contributed by atoms with Gasteiger partial charge in [0.1, 0.15) is 11.5 Å². The Morgan fingerprint density at radius 2 is 1.45 bits per heavy atom. The van der Waals surface area contributed by atoms with Crippen LogP contribution in [0.4, 0.5) is 11.4 Å². The van der Waals surface area contributed by atoms with Crippen molar-refractivity contribution in [3.05, 3.63) is 84.4 Å². The van der Waals surface area contributed by atoms with Crippen molar-refractivity contribution in [3.8, 4) is 11.5 Å². The van der Waals surface area contributed by atoms with Crippen molar-refractivity contribution in [2.75, 3.05) is 50.1 Å². The van der Waals surface area contributed by atoms with Gasteiger partial charge in [0.15, 0.2) is 6.61 Å². The molecule has 1 saturated heterocycles. The third kappa shape index (κ3) is 5.63. The number of para-hydroxylation sites is 2. The lowest BCUT2D eigenvalue weighted by Crippen LogP contribution is -2.49. The Bertz CT molecular complexity index is 1080. The fraction of sp³-hybridized carbons (Fsp3) is 0.231. The quantitative estimate of drug-likeness (QED) is 0.601. The van der Waals surface area contributed by atoms with Crippen molar-refractivity contribution >= 4 is 23.2 Å². The predicted octanol–water partition coefficient (Wildman–Crippen LogP) is 3.68. The van der Waals surface area contributed by atoms with Crippen LogP contribution in [0.3, 0.4) is 0 Å². The van der Waals surface area contributed by atoms with Crippen LogP contribution in [0, 0.1) is 0 Å². The summed E-state index contributed by atoms with van der Waals surface area (Å²) in [7, 11) is 1.60. The highest BCUT2D eigenvalue weighted by atomic mass is 16.5. The van der Waals surface area contributed by atoms with E-state index in [9.17, 15) is 9.59 Å². The number of amides is 2. The van der Waals surface area contributed by atoms with Gasteiger partial charge in [-0.2, -0.15) is 0 Å². The van der Waals surface area contributed by atoms with E-state index in [-0.39, 0.29) is 18.4 Å². The number of anilines is 2. The van der Waals surface area contributed by atoms with Gasteiger partial charge in [0.05, 0.1) is 18.5 Å². The summed E-state index contributed by atoms with van der Waals surface area (Å²) in [4.78, 5) is 29.3. The Balaban J connectivity index is 1.33. The zero-order valence-electron chi connectivity index (χ0n) is 18.6. The minimum atomic E-state index is -0.240. The van der Waals surface area contributed by atoms with Gasteiger partial charge in [-0.1, -0.05) is 30.3 Å². The Morgan fingerprint density at radius 1 is 0.818 bits per heavy atom. The van der Waals surface area contributed by atoms with E-state index < -0.39 is 0 Å². The highest BCUT2D eigenvalue weighted by molar-refractivity contribution is 5.96. The Hall–Kier alpha value is -4.00. The number of nitrogens with one attached hydrogen (secondary N) is 1. The van der Waals surface area contributed by atoms with Crippen LogP contribution in [0.2, 0.25) is 0 Å². The lowest BCUT2D eigenvalue weighted by atomic mass is 10.1. The zero-order valence-corrected chi connectivity index (χ0v) is 18.6. The number of ether oxygens (including phenoxy) is 2. The van der Waals surface area contributed by atoms with E-state index in [4.69, 9.17) is 9.47 Å². The van der Waals surface area contributed by atoms with E-state index in [1.807, 2.05) is 59.5 Å². The molecule has 0 bridgehead atoms. The number of nitrogens with zero attached hydrogens (tertiary/aromatic N) is 2. The van der Waals surface area contributed by atoms with E-state index in [1.54, 1.807) is 31.4 Å². The summed E-state index contributed by atoms with van der Waals surface area (Å²) in [6.07, 6.45) is 0. The molecule has 0 aliphatic carbocycles. The molecule has 33 heavy (non-hydrogen) atoms. The van der Waals surface area contributed by atoms with Gasteiger partial charge in [-0.3, -0.25) is 9.59 Å². The molecular weight excluding hydrogens is 418 g/mol. The van der Waals surface area contributed by atoms with Crippen LogP contribution >= 0.6 is 0 Å². The topological polar surface area (TPSA) is 71.1 Å². The van der Waals surface area contributed by atoms with Crippen molar-refractivity contribution in [2.24, 2.45) is 0 Å². The van der Waals surface area contributed by atoms with E-state index in [0.717, 1.165) is 17.1 Å². The van der Waals surface area contributed by atoms with Gasteiger partial charge in [-0.15, -0.1) is 0 Å². The SMILES string of the molecule is COc1ccc(OCC(=O)Nc2ccccc2N2CCN(C(=O)c3ccccc3)CC2)cc1. The number of rotatable bonds is 7. The first-order valence-corrected chi connectivity index (χ1v) is 10.9. The fourth-order valence-electron chi connectivity index (χ4n) is 3.78. The molecule has 7 nitrogen and oxygen atoms in total. The number of piperazine rings is 1. The monoisotopic (exact) mass is 445 g/mol. The van der Waals surface area contributed by atoms with Gasteiger partial charge in [-0.25, -0.2) is 0 Å². The molecule has 0 radical (unpaired) electrons. The molecule has 0 aromatic heterocycles. The molecule has 7 heteroatoms. The smallest absolute Gasteiger partial charge is 0.262 e. The third-order valence-corrected chi connectivity index (χ3v) is 5.54. The summed E-state index contributed by atoms with van der Waals surface area (Å²) in [5, 5.41) is 2.95. The maximum Gasteiger partial charge on any atom is 0.262 e. The second-order valence-electron chi connectivity index (χ2n) is 7.67. The highest BCUT2D eigenvalue weighted by Crippen LogP contribution is 2.27. The van der Waals surface area contributed by atoms with Crippen molar-refractivity contribution in [1.82, 2.24) is 4.90 Å². The Labute approximate surface area is 193 Å². The average molecular weight is 446 g/mol. The average Bonchev–Trinajstić information content (AvgIpc) is 2.88. The molecule has 1 N–H and O–H groups in total. The Morgan fingerprint density at radius 3 is 2.15 bits per heavy atom. The highest BCUT2D eigenvalue weighted by Gasteiger charge is 2.23. The van der Waals surface area contributed by atoms with Crippen LogP contribution in [-0.2, 0) is 4.79 Å². The molecule has 0 spiro atoms. The number of methoxy groups -OCH3 is 1. The molecule has 3 aromatic carbocycles. The van der Waals surface area contributed by atoms with Crippen molar-refractivity contribution in [1.29, 1.82) is 0 Å². The molecular formula is C26H27N3O4. The van der Waals surface area contributed by atoms with E-state index in [0.29, 0.717) is 37.5 Å². The molecule has 1 aliphatic rings. The van der Waals surface area contributed by atoms with Crippen LogP contribution in [0.1, 0.15) is 10.4 Å². The molecule has 1 heterocycles. The standard InChI is InChI=1S/C26H27N3O4/c1-32-21-11-13-22(14-12-21)33-19-25(30)27-23-9-5-6-10-24(23)28-15-17-29(18-16-28)26(31)20-7-3-2-4-8-20/h2-14H,15-19H2,1H3,(H,27,30). The third-order valence-electron chi connectivity index (χ3n) is 5.54. The minimum absolute atomic E-state index is 0.0486. The molecule has 2 amide bonds. The maximum absolute atomic E-state index is 12.7. The van der Waals surface area contributed by atoms with Crippen molar-refractivity contribution in [3.63, 3.8) is 0 Å². The van der Waals surface area contributed by atoms with Crippen LogP contribution in [0.25, 0.3) is 0 Å². The number of hydrogen-bond acceptors (Lipinski definition) is 5. The maximum atomic E-state index is 12.7. The number of hydrogen-bond donors (Lipinski definition) is 1. The second-order valence-corrected chi connectivity index (χ2v) is 7.67. The summed E-state index contributed by atoms with van der Waals surface area (Å²) >= 11 is 0. The van der Waals surface area contributed by atoms with Gasteiger partial charge in [0, 0.05) is 31.7 Å². The van der Waals surface area contributed by atoms with Crippen LogP contribution < -0.4 is 19.7 Å². The number of benzene rings is 3. The van der Waals surface area contributed by atoms with Crippen molar-refractivity contribution < 1.29 is 19.1 Å². The molecule has 0 saturated carbocycles. The van der Waals surface area contributed by atoms with E-state index in [1.165, 1.54) is 0 Å². The van der Waals surface area contributed by atoms with Crippen molar-refractivity contribution in [2.45, 2.75) is 0 Å². The van der Waals surface area contributed by atoms with Gasteiger partial charge in [0.25, 0.3) is 11.8 Å². The first kappa shape index (κ1) is 22.2. The van der Waals surface area contributed by atoms with Crippen LogP contribution in [0.15, 0.2) is 78.9 Å². The van der Waals surface area contributed by atoms with Gasteiger partial charge in [-0.05, 0) is 48.5 Å². The predicted molar refractivity (Wildman–Crippen MR) is 128 cm³/mol. The Kier molecular flexibility index (Phi) is 7.09. The normalized spacial score (nSPS) is 13.4. The van der Waals surface area contributed by atoms with Gasteiger partial charge < -0.3 is 24.6 Å². The largest absolute Gasteiger partial charge is 0.497 e. The molecule has 1 fully saturated rings. The first-order chi connectivity index (χ1) is 16.1. The molecule has 1 aliphatic heterocycles. The van der Waals surface area contributed by atoms with E-state index >= 15 is 0 Å². The summed E-state index contributed by atoms with van der Waals surface area (Å²) < 4.78 is 10.7. The summed E-state index contributed by atoms with van der Waals surface area (Å²) in [6, 6.07) is 24.1. The lowest BCUT2D eigenvalue weighted by Gasteiger charge is -2.37. The second kappa shape index (κ2) is 10.5.